The van der Waals surface area contributed by atoms with Gasteiger partial charge in [0, 0.05) is 17.8 Å². The lowest BCUT2D eigenvalue weighted by Gasteiger charge is -2.24. The molecule has 240 valence electrons. The lowest BCUT2D eigenvalue weighted by molar-refractivity contribution is 0.102. The monoisotopic (exact) mass is 602 g/mol. The number of hydrogen-bond acceptors (Lipinski definition) is 4. The summed E-state index contributed by atoms with van der Waals surface area (Å²) in [7, 11) is 2.13. The Morgan fingerprint density at radius 3 is 1.81 bits per heavy atom. The Kier molecular flexibility index (Phi) is 20.5. The number of nitrogens with zero attached hydrogens (tertiary/aromatic N) is 3. The van der Waals surface area contributed by atoms with Gasteiger partial charge in [0.25, 0.3) is 0 Å². The molecule has 0 aliphatic rings. The fourth-order valence-electron chi connectivity index (χ4n) is 3.50. The minimum Gasteiger partial charge on any atom is -0.391 e. The summed E-state index contributed by atoms with van der Waals surface area (Å²) in [4.78, 5) is 8.35. The van der Waals surface area contributed by atoms with Crippen molar-refractivity contribution in [2.24, 2.45) is 10.7 Å². The van der Waals surface area contributed by atoms with E-state index in [0.717, 1.165) is 36.3 Å². The van der Waals surface area contributed by atoms with Crippen molar-refractivity contribution in [2.75, 3.05) is 31.8 Å². The van der Waals surface area contributed by atoms with E-state index in [-0.39, 0.29) is 17.3 Å². The van der Waals surface area contributed by atoms with Crippen molar-refractivity contribution in [1.29, 1.82) is 0 Å². The van der Waals surface area contributed by atoms with Gasteiger partial charge in [-0.15, -0.1) is 0 Å². The summed E-state index contributed by atoms with van der Waals surface area (Å²) in [5.74, 6) is 0.336. The van der Waals surface area contributed by atoms with Crippen molar-refractivity contribution in [3.63, 3.8) is 0 Å². The van der Waals surface area contributed by atoms with E-state index in [0.29, 0.717) is 5.84 Å². The zero-order chi connectivity index (χ0) is 33.3. The quantitative estimate of drug-likeness (QED) is 0.130. The van der Waals surface area contributed by atoms with E-state index >= 15 is 0 Å². The fourth-order valence-corrected chi connectivity index (χ4v) is 3.75. The third-order valence-corrected chi connectivity index (χ3v) is 6.19. The SMILES string of the molecule is CC.CC(C)(C)O.CCC.CCN(C)CCc1cc(C)c(N(CO)C(=S)/N=C(\N)c2ccc(C(C)(C)C)cc2)cc1C. The molecule has 7 heteroatoms. The van der Waals surface area contributed by atoms with Gasteiger partial charge in [-0.25, -0.2) is 4.99 Å². The summed E-state index contributed by atoms with van der Waals surface area (Å²) in [6.07, 6.45) is 2.23. The lowest BCUT2D eigenvalue weighted by Crippen LogP contribution is -2.32. The molecule has 0 saturated heterocycles. The van der Waals surface area contributed by atoms with Crippen LogP contribution in [0.15, 0.2) is 41.4 Å². The van der Waals surface area contributed by atoms with Gasteiger partial charge in [-0.3, -0.25) is 4.90 Å². The highest BCUT2D eigenvalue weighted by Gasteiger charge is 2.17. The molecule has 0 bridgehead atoms. The zero-order valence-corrected chi connectivity index (χ0v) is 30.0. The first-order valence-electron chi connectivity index (χ1n) is 15.3. The predicted molar refractivity (Wildman–Crippen MR) is 190 cm³/mol. The number of amidine groups is 1. The maximum absolute atomic E-state index is 10.1. The first-order valence-corrected chi connectivity index (χ1v) is 15.7. The predicted octanol–water partition coefficient (Wildman–Crippen LogP) is 7.76. The molecule has 2 rings (SSSR count). The second-order valence-corrected chi connectivity index (χ2v) is 12.6. The van der Waals surface area contributed by atoms with Crippen LogP contribution in [0.25, 0.3) is 0 Å². The van der Waals surface area contributed by atoms with Crippen molar-refractivity contribution in [3.05, 3.63) is 64.2 Å². The standard InChI is InChI=1S/C26H38N4OS.C4H10O.C3H8.C2H6/c1-8-29(7)14-13-21-15-19(3)23(16-18(21)2)30(17-31)25(32)28-24(27)20-9-11-22(12-10-20)26(4,5)6;1-4(2,3)5;1-3-2;1-2/h9-12,15-16,31H,8,13-14,17H2,1-7H3,(H2,27,28,32);5H,1-3H3;3H2,1-2H3;1-2H3. The van der Waals surface area contributed by atoms with Crippen molar-refractivity contribution in [1.82, 2.24) is 4.90 Å². The molecule has 0 radical (unpaired) electrons. The molecule has 4 N–H and O–H groups in total. The number of likely N-dealkylation sites (N-methyl/N-ethyl adjacent to an activating group) is 1. The smallest absolute Gasteiger partial charge is 0.203 e. The van der Waals surface area contributed by atoms with Crippen LogP contribution in [0.2, 0.25) is 0 Å². The number of rotatable bonds is 7. The van der Waals surface area contributed by atoms with E-state index in [2.05, 4.69) is 89.7 Å². The van der Waals surface area contributed by atoms with Crippen molar-refractivity contribution in [2.45, 2.75) is 114 Å². The van der Waals surface area contributed by atoms with Gasteiger partial charge in [-0.1, -0.05) is 92.1 Å². The summed E-state index contributed by atoms with van der Waals surface area (Å²) in [6, 6.07) is 12.3. The third kappa shape index (κ3) is 17.0. The second kappa shape index (κ2) is 20.6. The van der Waals surface area contributed by atoms with E-state index in [4.69, 9.17) is 23.1 Å². The molecule has 2 aromatic rings. The van der Waals surface area contributed by atoms with Crippen LogP contribution in [0.1, 0.15) is 110 Å². The molecule has 0 aliphatic carbocycles. The number of hydrogen-bond donors (Lipinski definition) is 3. The molecule has 0 aliphatic heterocycles. The number of aliphatic hydroxyl groups excluding tert-OH is 1. The molecule has 2 aromatic carbocycles. The van der Waals surface area contributed by atoms with Crippen LogP contribution >= 0.6 is 12.2 Å². The summed E-state index contributed by atoms with van der Waals surface area (Å²) in [5, 5.41) is 18.8. The van der Waals surface area contributed by atoms with Gasteiger partial charge >= 0.3 is 0 Å². The topological polar surface area (TPSA) is 85.3 Å². The van der Waals surface area contributed by atoms with Crippen LogP contribution < -0.4 is 10.6 Å². The maximum atomic E-state index is 10.1. The first kappa shape index (κ1) is 41.8. The molecule has 0 spiro atoms. The fraction of sp³-hybridized carbons (Fsp3) is 0.600. The Labute approximate surface area is 264 Å². The minimum atomic E-state index is -0.500. The molecule has 42 heavy (non-hydrogen) atoms. The molecule has 0 unspecified atom stereocenters. The molecule has 0 aromatic heterocycles. The molecular formula is C35H62N4O2S. The van der Waals surface area contributed by atoms with Crippen molar-refractivity contribution in [3.8, 4) is 0 Å². The van der Waals surface area contributed by atoms with Crippen molar-refractivity contribution >= 4 is 28.9 Å². The number of thiocarbonyl (C=S) groups is 1. The average molecular weight is 603 g/mol. The van der Waals surface area contributed by atoms with Crippen molar-refractivity contribution < 1.29 is 10.2 Å². The van der Waals surface area contributed by atoms with Crippen LogP contribution in [-0.2, 0) is 11.8 Å². The Morgan fingerprint density at radius 1 is 0.929 bits per heavy atom. The summed E-state index contributed by atoms with van der Waals surface area (Å²) < 4.78 is 0. The Morgan fingerprint density at radius 2 is 1.40 bits per heavy atom. The Bertz CT molecular complexity index is 1060. The van der Waals surface area contributed by atoms with E-state index in [1.54, 1.807) is 25.7 Å². The number of anilines is 1. The van der Waals surface area contributed by atoms with Gasteiger partial charge in [-0.05, 0) is 101 Å². The molecule has 0 heterocycles. The molecule has 0 amide bonds. The van der Waals surface area contributed by atoms with E-state index in [1.807, 2.05) is 32.9 Å². The normalized spacial score (nSPS) is 11.4. The van der Waals surface area contributed by atoms with Crippen LogP contribution in [-0.4, -0.2) is 58.5 Å². The highest BCUT2D eigenvalue weighted by molar-refractivity contribution is 7.80. The summed E-state index contributed by atoms with van der Waals surface area (Å²) in [6.45, 7) is 28.1. The number of aliphatic imine (C=N–C) groups is 1. The van der Waals surface area contributed by atoms with E-state index in [9.17, 15) is 5.11 Å². The number of aliphatic hydroxyl groups is 2. The van der Waals surface area contributed by atoms with Crippen LogP contribution in [0.5, 0.6) is 0 Å². The number of nitrogens with two attached hydrogens (primary N) is 1. The molecule has 0 fully saturated rings. The van der Waals surface area contributed by atoms with Gasteiger partial charge in [-0.2, -0.15) is 0 Å². The minimum absolute atomic E-state index is 0.0704. The first-order chi connectivity index (χ1) is 19.4. The highest BCUT2D eigenvalue weighted by Crippen LogP contribution is 2.26. The van der Waals surface area contributed by atoms with Crippen LogP contribution in [0, 0.1) is 13.8 Å². The van der Waals surface area contributed by atoms with Crippen LogP contribution in [0.4, 0.5) is 5.69 Å². The Balaban J connectivity index is 0. The highest BCUT2D eigenvalue weighted by atomic mass is 32.1. The molecule has 0 saturated carbocycles. The van der Waals surface area contributed by atoms with Crippen LogP contribution in [0.3, 0.4) is 0 Å². The maximum Gasteiger partial charge on any atom is 0.203 e. The number of aryl methyl sites for hydroxylation is 2. The number of benzene rings is 2. The third-order valence-electron chi connectivity index (χ3n) is 5.88. The Hall–Kier alpha value is -2.32. The van der Waals surface area contributed by atoms with Gasteiger partial charge in [0.05, 0.1) is 5.60 Å². The second-order valence-electron chi connectivity index (χ2n) is 12.3. The van der Waals surface area contributed by atoms with Gasteiger partial charge in [0.2, 0.25) is 5.11 Å². The van der Waals surface area contributed by atoms with Gasteiger partial charge < -0.3 is 20.8 Å². The van der Waals surface area contributed by atoms with Gasteiger partial charge in [0.1, 0.15) is 12.6 Å². The molecule has 0 atom stereocenters. The summed E-state index contributed by atoms with van der Waals surface area (Å²) >= 11 is 5.55. The van der Waals surface area contributed by atoms with E-state index in [1.165, 1.54) is 23.1 Å². The largest absolute Gasteiger partial charge is 0.391 e. The lowest BCUT2D eigenvalue weighted by atomic mass is 9.87. The molecular weight excluding hydrogens is 540 g/mol. The average Bonchev–Trinajstić information content (AvgIpc) is 2.90. The van der Waals surface area contributed by atoms with E-state index < -0.39 is 5.60 Å². The summed E-state index contributed by atoms with van der Waals surface area (Å²) in [5.41, 5.74) is 12.2. The van der Waals surface area contributed by atoms with Gasteiger partial charge in [0.15, 0.2) is 0 Å². The zero-order valence-electron chi connectivity index (χ0n) is 29.2. The molecule has 6 nitrogen and oxygen atoms in total.